The maximum Gasteiger partial charge on any atom is 0.573 e. The summed E-state index contributed by atoms with van der Waals surface area (Å²) in [6.45, 7) is 8.18. The fraction of sp³-hybridized carbons (Fsp3) is 0.647. The van der Waals surface area contributed by atoms with Crippen molar-refractivity contribution < 1.29 is 17.9 Å². The van der Waals surface area contributed by atoms with Crippen LogP contribution in [0.1, 0.15) is 32.3 Å². The monoisotopic (exact) mass is 330 g/mol. The van der Waals surface area contributed by atoms with Crippen LogP contribution in [-0.2, 0) is 6.54 Å². The molecule has 1 N–H and O–H groups in total. The van der Waals surface area contributed by atoms with Gasteiger partial charge in [-0.1, -0.05) is 26.0 Å². The highest BCUT2D eigenvalue weighted by atomic mass is 19.4. The second kappa shape index (κ2) is 8.02. The standard InChI is InChI=1S/C17H25F3N2O/c1-13(2)11-22(15-7-9-21-10-8-15)12-14-3-5-16(6-4-14)23-17(18,19)20/h3-6,13,15,21H,7-12H2,1-2H3. The van der Waals surface area contributed by atoms with Crippen molar-refractivity contribution in [2.45, 2.75) is 45.6 Å². The Morgan fingerprint density at radius 2 is 1.78 bits per heavy atom. The number of rotatable bonds is 6. The topological polar surface area (TPSA) is 24.5 Å². The van der Waals surface area contributed by atoms with E-state index in [-0.39, 0.29) is 5.75 Å². The summed E-state index contributed by atoms with van der Waals surface area (Å²) in [7, 11) is 0. The summed E-state index contributed by atoms with van der Waals surface area (Å²) in [4.78, 5) is 2.45. The molecule has 1 fully saturated rings. The fourth-order valence-corrected chi connectivity index (χ4v) is 3.01. The minimum atomic E-state index is -4.64. The average molecular weight is 330 g/mol. The van der Waals surface area contributed by atoms with Gasteiger partial charge < -0.3 is 10.1 Å². The summed E-state index contributed by atoms with van der Waals surface area (Å²) in [5, 5.41) is 3.37. The van der Waals surface area contributed by atoms with Crippen molar-refractivity contribution in [3.63, 3.8) is 0 Å². The molecule has 1 aromatic rings. The molecule has 6 heteroatoms. The van der Waals surface area contributed by atoms with E-state index >= 15 is 0 Å². The average Bonchev–Trinajstić information content (AvgIpc) is 2.47. The molecule has 0 spiro atoms. The summed E-state index contributed by atoms with van der Waals surface area (Å²) in [5.41, 5.74) is 1.01. The molecule has 0 unspecified atom stereocenters. The Morgan fingerprint density at radius 3 is 2.30 bits per heavy atom. The zero-order valence-corrected chi connectivity index (χ0v) is 13.7. The maximum atomic E-state index is 12.2. The van der Waals surface area contributed by atoms with Crippen LogP contribution in [0.3, 0.4) is 0 Å². The van der Waals surface area contributed by atoms with Crippen molar-refractivity contribution in [1.82, 2.24) is 10.2 Å². The molecule has 1 heterocycles. The van der Waals surface area contributed by atoms with Crippen LogP contribution in [0.5, 0.6) is 5.75 Å². The predicted molar refractivity (Wildman–Crippen MR) is 84.3 cm³/mol. The van der Waals surface area contributed by atoms with Crippen LogP contribution in [-0.4, -0.2) is 36.9 Å². The van der Waals surface area contributed by atoms with Gasteiger partial charge in [-0.3, -0.25) is 4.90 Å². The first-order chi connectivity index (χ1) is 10.8. The van der Waals surface area contributed by atoms with E-state index < -0.39 is 6.36 Å². The van der Waals surface area contributed by atoms with Gasteiger partial charge in [0.25, 0.3) is 0 Å². The smallest absolute Gasteiger partial charge is 0.406 e. The van der Waals surface area contributed by atoms with Gasteiger partial charge in [0, 0.05) is 19.1 Å². The molecule has 0 bridgehead atoms. The zero-order valence-electron chi connectivity index (χ0n) is 13.7. The molecular weight excluding hydrogens is 305 g/mol. The van der Waals surface area contributed by atoms with Crippen LogP contribution >= 0.6 is 0 Å². The van der Waals surface area contributed by atoms with Gasteiger partial charge in [0.05, 0.1) is 0 Å². The van der Waals surface area contributed by atoms with Gasteiger partial charge in [0.1, 0.15) is 5.75 Å². The number of benzene rings is 1. The second-order valence-corrected chi connectivity index (χ2v) is 6.50. The molecule has 1 aliphatic rings. The zero-order chi connectivity index (χ0) is 16.9. The lowest BCUT2D eigenvalue weighted by molar-refractivity contribution is -0.274. The fourth-order valence-electron chi connectivity index (χ4n) is 3.01. The summed E-state index contributed by atoms with van der Waals surface area (Å²) in [6, 6.07) is 6.74. The van der Waals surface area contributed by atoms with Crippen molar-refractivity contribution in [1.29, 1.82) is 0 Å². The first-order valence-corrected chi connectivity index (χ1v) is 8.13. The van der Waals surface area contributed by atoms with Crippen LogP contribution in [0.2, 0.25) is 0 Å². The Kier molecular flexibility index (Phi) is 6.30. The third-order valence-electron chi connectivity index (χ3n) is 3.97. The van der Waals surface area contributed by atoms with E-state index in [1.54, 1.807) is 12.1 Å². The molecule has 23 heavy (non-hydrogen) atoms. The van der Waals surface area contributed by atoms with Gasteiger partial charge >= 0.3 is 6.36 Å². The molecular formula is C17H25F3N2O. The van der Waals surface area contributed by atoms with Gasteiger partial charge in [-0.15, -0.1) is 13.2 Å². The number of alkyl halides is 3. The van der Waals surface area contributed by atoms with Crippen molar-refractivity contribution in [3.05, 3.63) is 29.8 Å². The number of ether oxygens (including phenoxy) is 1. The lowest BCUT2D eigenvalue weighted by atomic mass is 10.0. The van der Waals surface area contributed by atoms with Crippen molar-refractivity contribution in [3.8, 4) is 5.75 Å². The van der Waals surface area contributed by atoms with E-state index in [0.29, 0.717) is 12.0 Å². The highest BCUT2D eigenvalue weighted by Crippen LogP contribution is 2.24. The van der Waals surface area contributed by atoms with E-state index in [1.807, 2.05) is 0 Å². The Morgan fingerprint density at radius 1 is 1.17 bits per heavy atom. The minimum absolute atomic E-state index is 0.168. The molecule has 0 saturated carbocycles. The minimum Gasteiger partial charge on any atom is -0.406 e. The molecule has 3 nitrogen and oxygen atoms in total. The van der Waals surface area contributed by atoms with Crippen molar-refractivity contribution >= 4 is 0 Å². The quantitative estimate of drug-likeness (QED) is 0.859. The van der Waals surface area contributed by atoms with Crippen LogP contribution < -0.4 is 10.1 Å². The van der Waals surface area contributed by atoms with E-state index in [1.165, 1.54) is 12.1 Å². The summed E-state index contributed by atoms with van der Waals surface area (Å²) in [5.74, 6) is 0.385. The second-order valence-electron chi connectivity index (χ2n) is 6.50. The number of hydrogen-bond acceptors (Lipinski definition) is 3. The SMILES string of the molecule is CC(C)CN(Cc1ccc(OC(F)(F)F)cc1)C1CCNCC1. The molecule has 1 aromatic carbocycles. The molecule has 1 saturated heterocycles. The largest absolute Gasteiger partial charge is 0.573 e. The molecule has 1 aliphatic heterocycles. The van der Waals surface area contributed by atoms with Crippen LogP contribution in [0.4, 0.5) is 13.2 Å². The highest BCUT2D eigenvalue weighted by molar-refractivity contribution is 5.27. The first kappa shape index (κ1) is 18.1. The molecule has 0 amide bonds. The molecule has 130 valence electrons. The van der Waals surface area contributed by atoms with E-state index in [4.69, 9.17) is 0 Å². The van der Waals surface area contributed by atoms with Gasteiger partial charge in [-0.25, -0.2) is 0 Å². The Hall–Kier alpha value is -1.27. The number of hydrogen-bond donors (Lipinski definition) is 1. The van der Waals surface area contributed by atoms with Crippen LogP contribution in [0, 0.1) is 5.92 Å². The number of piperidine rings is 1. The Labute approximate surface area is 135 Å². The normalized spacial score (nSPS) is 17.0. The van der Waals surface area contributed by atoms with Gasteiger partial charge in [0.15, 0.2) is 0 Å². The van der Waals surface area contributed by atoms with Crippen LogP contribution in [0.15, 0.2) is 24.3 Å². The third-order valence-corrected chi connectivity index (χ3v) is 3.97. The van der Waals surface area contributed by atoms with E-state index in [0.717, 1.165) is 44.6 Å². The highest BCUT2D eigenvalue weighted by Gasteiger charge is 2.31. The molecule has 0 atom stereocenters. The predicted octanol–water partition coefficient (Wildman–Crippen LogP) is 3.80. The Bertz CT molecular complexity index is 468. The molecule has 0 radical (unpaired) electrons. The third kappa shape index (κ3) is 6.39. The van der Waals surface area contributed by atoms with Crippen molar-refractivity contribution in [2.75, 3.05) is 19.6 Å². The first-order valence-electron chi connectivity index (χ1n) is 8.13. The van der Waals surface area contributed by atoms with Gasteiger partial charge in [-0.05, 0) is 49.5 Å². The summed E-state index contributed by atoms with van der Waals surface area (Å²) < 4.78 is 40.5. The lowest BCUT2D eigenvalue weighted by Gasteiger charge is -2.35. The molecule has 0 aromatic heterocycles. The van der Waals surface area contributed by atoms with Gasteiger partial charge in [0.2, 0.25) is 0 Å². The Balaban J connectivity index is 2.00. The number of nitrogens with zero attached hydrogens (tertiary/aromatic N) is 1. The lowest BCUT2D eigenvalue weighted by Crippen LogP contribution is -2.44. The number of halogens is 3. The van der Waals surface area contributed by atoms with Crippen molar-refractivity contribution in [2.24, 2.45) is 5.92 Å². The number of nitrogens with one attached hydrogen (secondary N) is 1. The van der Waals surface area contributed by atoms with Gasteiger partial charge in [-0.2, -0.15) is 0 Å². The van der Waals surface area contributed by atoms with Crippen LogP contribution in [0.25, 0.3) is 0 Å². The summed E-state index contributed by atoms with van der Waals surface area (Å²) in [6.07, 6.45) is -2.41. The molecule has 2 rings (SSSR count). The molecule has 0 aliphatic carbocycles. The van der Waals surface area contributed by atoms with E-state index in [9.17, 15) is 13.2 Å². The maximum absolute atomic E-state index is 12.2. The van der Waals surface area contributed by atoms with E-state index in [2.05, 4.69) is 28.8 Å². The summed E-state index contributed by atoms with van der Waals surface area (Å²) >= 11 is 0.